The Bertz CT molecular complexity index is 1650. The van der Waals surface area contributed by atoms with E-state index in [0.717, 1.165) is 11.1 Å². The Morgan fingerprint density at radius 2 is 0.885 bits per heavy atom. The van der Waals surface area contributed by atoms with Crippen molar-refractivity contribution in [2.75, 3.05) is 52.6 Å². The van der Waals surface area contributed by atoms with Crippen molar-refractivity contribution >= 4 is 35.2 Å². The van der Waals surface area contributed by atoms with Crippen molar-refractivity contribution in [3.05, 3.63) is 95.6 Å². The molecule has 2 rings (SSSR count). The topological polar surface area (TPSA) is 146 Å². The number of hydrogen-bond acceptors (Lipinski definition) is 10. The van der Waals surface area contributed by atoms with E-state index in [-0.39, 0.29) is 73.0 Å². The maximum atomic E-state index is 13.7. The van der Waals surface area contributed by atoms with Gasteiger partial charge in [0, 0.05) is 36.8 Å². The van der Waals surface area contributed by atoms with E-state index in [1.54, 1.807) is 52.0 Å². The van der Waals surface area contributed by atoms with E-state index in [1.807, 2.05) is 26.0 Å². The largest absolute Gasteiger partial charge is 0.358 e. The minimum absolute atomic E-state index is 0.0501. The average Bonchev–Trinajstić information content (AvgIpc) is 3.08. The maximum absolute atomic E-state index is 13.7. The molecule has 0 bridgehead atoms. The minimum Gasteiger partial charge on any atom is -0.306 e. The van der Waals surface area contributed by atoms with E-state index >= 15 is 0 Å². The number of hydrogen-bond donors (Lipinski definition) is 0. The normalized spacial score (nSPS) is 13.0. The highest BCUT2D eigenvalue weighted by atomic mass is 32.2. The zero-order valence-electron chi connectivity index (χ0n) is 31.4. The van der Waals surface area contributed by atoms with Gasteiger partial charge in [0.05, 0.1) is 36.2 Å². The van der Waals surface area contributed by atoms with Crippen LogP contribution in [0.4, 0.5) is 0 Å². The number of allylic oxidation sites excluding steroid dienone is 2. The molecule has 0 atom stereocenters. The molecule has 0 spiro atoms. The molecule has 0 N–H and O–H groups in total. The average molecular weight is 803 g/mol. The standard InChI is InChI=1S/C36H56N2O10P2S2/c1-9-45-49(39,46-10-2)33(7)29-37(51(41,42)35-23-19-31(5)20-24-35)27-17-15-13-14-16-18-28-38(30-34(8)50(40,47-11-3)48-12-4)52(43,44)36-25-21-32(6)22-26-36/h13-14,19-26H,7-12,15-18,27-30H2,1-6H3/b14-13+. The molecule has 0 aliphatic heterocycles. The zero-order valence-corrected chi connectivity index (χ0v) is 34.8. The van der Waals surface area contributed by atoms with Gasteiger partial charge in [-0.3, -0.25) is 9.13 Å². The molecule has 0 saturated heterocycles. The highest BCUT2D eigenvalue weighted by molar-refractivity contribution is 7.89. The summed E-state index contributed by atoms with van der Waals surface area (Å²) in [6, 6.07) is 13.0. The summed E-state index contributed by atoms with van der Waals surface area (Å²) in [6.45, 7) is 18.4. The number of sulfonamides is 2. The third kappa shape index (κ3) is 13.3. The zero-order chi connectivity index (χ0) is 39.0. The lowest BCUT2D eigenvalue weighted by molar-refractivity contribution is 0.223. The van der Waals surface area contributed by atoms with Crippen LogP contribution in [-0.2, 0) is 47.3 Å². The van der Waals surface area contributed by atoms with Gasteiger partial charge in [-0.1, -0.05) is 60.7 Å². The Balaban J connectivity index is 2.15. The fourth-order valence-electron chi connectivity index (χ4n) is 4.99. The van der Waals surface area contributed by atoms with Gasteiger partial charge in [0.25, 0.3) is 0 Å². The first kappa shape index (κ1) is 45.9. The molecule has 0 amide bonds. The number of rotatable bonds is 26. The van der Waals surface area contributed by atoms with Crippen molar-refractivity contribution in [3.63, 3.8) is 0 Å². The van der Waals surface area contributed by atoms with Gasteiger partial charge >= 0.3 is 15.2 Å². The minimum atomic E-state index is -3.97. The van der Waals surface area contributed by atoms with Crippen LogP contribution in [0.15, 0.2) is 94.3 Å². The summed E-state index contributed by atoms with van der Waals surface area (Å²) in [4.78, 5) is 0.214. The van der Waals surface area contributed by atoms with E-state index < -0.39 is 35.2 Å². The number of aryl methyl sites for hydroxylation is 2. The van der Waals surface area contributed by atoms with E-state index in [9.17, 15) is 26.0 Å². The van der Waals surface area contributed by atoms with Crippen molar-refractivity contribution in [2.24, 2.45) is 0 Å². The van der Waals surface area contributed by atoms with E-state index in [1.165, 1.54) is 32.9 Å². The van der Waals surface area contributed by atoms with Gasteiger partial charge in [0.15, 0.2) is 0 Å². The van der Waals surface area contributed by atoms with Crippen LogP contribution in [0.25, 0.3) is 0 Å². The predicted octanol–water partition coefficient (Wildman–Crippen LogP) is 8.66. The second kappa shape index (κ2) is 21.6. The Hall–Kier alpha value is -2.22. The Morgan fingerprint density at radius 3 is 1.15 bits per heavy atom. The molecule has 0 saturated carbocycles. The van der Waals surface area contributed by atoms with Gasteiger partial charge in [-0.05, 0) is 91.5 Å². The van der Waals surface area contributed by atoms with Crippen LogP contribution in [0.5, 0.6) is 0 Å². The van der Waals surface area contributed by atoms with Crippen LogP contribution < -0.4 is 0 Å². The number of nitrogens with zero attached hydrogens (tertiary/aromatic N) is 2. The lowest BCUT2D eigenvalue weighted by Crippen LogP contribution is -2.34. The summed E-state index contributed by atoms with van der Waals surface area (Å²) in [5.74, 6) is 0. The monoisotopic (exact) mass is 802 g/mol. The summed E-state index contributed by atoms with van der Waals surface area (Å²) in [5, 5.41) is 0.100. The first-order valence-electron chi connectivity index (χ1n) is 17.4. The van der Waals surface area contributed by atoms with Crippen molar-refractivity contribution in [2.45, 2.75) is 77.0 Å². The summed E-state index contributed by atoms with van der Waals surface area (Å²) in [7, 11) is -15.5. The van der Waals surface area contributed by atoms with E-state index in [0.29, 0.717) is 25.7 Å². The predicted molar refractivity (Wildman–Crippen MR) is 207 cm³/mol. The van der Waals surface area contributed by atoms with Crippen LogP contribution >= 0.6 is 15.2 Å². The molecule has 16 heteroatoms. The Labute approximate surface area is 312 Å². The third-order valence-electron chi connectivity index (χ3n) is 7.73. The first-order valence-corrected chi connectivity index (χ1v) is 23.4. The Kier molecular flexibility index (Phi) is 19.1. The van der Waals surface area contributed by atoms with Gasteiger partial charge in [0.2, 0.25) is 20.0 Å². The SMILES string of the molecule is C=C(CN(CCC/C=C/CCCN(CC(=C)P(=O)(OCC)OCC)S(=O)(=O)c1ccc(C)cc1)S(=O)(=O)c1ccc(C)cc1)P(=O)(OCC)OCC. The van der Waals surface area contributed by atoms with E-state index in [2.05, 4.69) is 13.2 Å². The van der Waals surface area contributed by atoms with E-state index in [4.69, 9.17) is 18.1 Å². The fourth-order valence-corrected chi connectivity index (χ4v) is 11.1. The number of unbranched alkanes of at least 4 members (excludes halogenated alkanes) is 2. The second-order valence-corrected chi connectivity index (χ2v) is 20.0. The van der Waals surface area contributed by atoms with Crippen molar-refractivity contribution in [1.82, 2.24) is 8.61 Å². The van der Waals surface area contributed by atoms with Crippen LogP contribution in [0.3, 0.4) is 0 Å². The van der Waals surface area contributed by atoms with Gasteiger partial charge < -0.3 is 18.1 Å². The highest BCUT2D eigenvalue weighted by Gasteiger charge is 2.35. The molecular weight excluding hydrogens is 746 g/mol. The maximum Gasteiger partial charge on any atom is 0.358 e. The summed E-state index contributed by atoms with van der Waals surface area (Å²) in [5.41, 5.74) is 1.82. The van der Waals surface area contributed by atoms with Gasteiger partial charge in [-0.2, -0.15) is 8.61 Å². The quantitative estimate of drug-likeness (QED) is 0.0515. The van der Waals surface area contributed by atoms with Crippen molar-refractivity contribution in [1.29, 1.82) is 0 Å². The Morgan fingerprint density at radius 1 is 0.596 bits per heavy atom. The fraction of sp³-hybridized carbons (Fsp3) is 0.500. The molecule has 0 heterocycles. The smallest absolute Gasteiger partial charge is 0.306 e. The molecule has 2 aromatic rings. The van der Waals surface area contributed by atoms with Gasteiger partial charge in [-0.25, -0.2) is 16.8 Å². The second-order valence-electron chi connectivity index (χ2n) is 11.9. The lowest BCUT2D eigenvalue weighted by atomic mass is 10.2. The molecule has 2 aromatic carbocycles. The van der Waals surface area contributed by atoms with Crippen molar-refractivity contribution in [3.8, 4) is 0 Å². The van der Waals surface area contributed by atoms with Gasteiger partial charge in [-0.15, -0.1) is 0 Å². The van der Waals surface area contributed by atoms with Crippen LogP contribution in [-0.4, -0.2) is 78.1 Å². The molecule has 0 aromatic heterocycles. The molecule has 0 fully saturated rings. The van der Waals surface area contributed by atoms with Crippen molar-refractivity contribution < 1.29 is 44.1 Å². The highest BCUT2D eigenvalue weighted by Crippen LogP contribution is 2.56. The van der Waals surface area contributed by atoms with Crippen LogP contribution in [0.1, 0.15) is 64.5 Å². The van der Waals surface area contributed by atoms with Gasteiger partial charge in [0.1, 0.15) is 0 Å². The van der Waals surface area contributed by atoms with Crippen LogP contribution in [0, 0.1) is 13.8 Å². The summed E-state index contributed by atoms with van der Waals surface area (Å²) >= 11 is 0. The summed E-state index contributed by atoms with van der Waals surface area (Å²) < 4.78 is 106. The lowest BCUT2D eigenvalue weighted by Gasteiger charge is -2.26. The molecule has 0 unspecified atom stereocenters. The number of benzene rings is 2. The molecule has 0 aliphatic carbocycles. The summed E-state index contributed by atoms with van der Waals surface area (Å²) in [6.07, 6.45) is 5.75. The molecule has 0 aliphatic rings. The molecule has 292 valence electrons. The third-order valence-corrected chi connectivity index (χ3v) is 15.7. The molecule has 52 heavy (non-hydrogen) atoms. The van der Waals surface area contributed by atoms with Crippen LogP contribution in [0.2, 0.25) is 0 Å². The molecular formula is C36H56N2O10P2S2. The first-order chi connectivity index (χ1) is 24.5. The molecule has 12 nitrogen and oxygen atoms in total. The molecule has 0 radical (unpaired) electrons.